The highest BCUT2D eigenvalue weighted by atomic mass is 32.2. The zero-order valence-corrected chi connectivity index (χ0v) is 12.5. The summed E-state index contributed by atoms with van der Waals surface area (Å²) in [6, 6.07) is 6.16. The standard InChI is InChI=1S/C13H20N2O3S/c1-5-10(2)13(16)14-11-6-8-12(9-7-11)19(17,18)15(3)4/h6-10H,5H2,1-4H3,(H,14,16)/t10-/m1/s1. The van der Waals surface area contributed by atoms with Gasteiger partial charge in [0.1, 0.15) is 0 Å². The summed E-state index contributed by atoms with van der Waals surface area (Å²) in [6.07, 6.45) is 0.763. The third kappa shape index (κ3) is 3.78. The Labute approximate surface area is 114 Å². The second-order valence-electron chi connectivity index (χ2n) is 4.61. The summed E-state index contributed by atoms with van der Waals surface area (Å²) in [7, 11) is -0.462. The minimum absolute atomic E-state index is 0.0642. The molecule has 0 aliphatic heterocycles. The monoisotopic (exact) mass is 284 g/mol. The van der Waals surface area contributed by atoms with Crippen molar-refractivity contribution in [2.45, 2.75) is 25.2 Å². The molecule has 1 amide bonds. The van der Waals surface area contributed by atoms with Crippen molar-refractivity contribution in [2.75, 3.05) is 19.4 Å². The quantitative estimate of drug-likeness (QED) is 0.898. The van der Waals surface area contributed by atoms with Gasteiger partial charge in [0.25, 0.3) is 0 Å². The van der Waals surface area contributed by atoms with Gasteiger partial charge in [-0.05, 0) is 30.7 Å². The van der Waals surface area contributed by atoms with E-state index in [1.807, 2.05) is 13.8 Å². The maximum atomic E-state index is 11.9. The lowest BCUT2D eigenvalue weighted by atomic mass is 10.1. The van der Waals surface area contributed by atoms with E-state index in [2.05, 4.69) is 5.32 Å². The van der Waals surface area contributed by atoms with E-state index in [1.54, 1.807) is 12.1 Å². The molecule has 1 rings (SSSR count). The van der Waals surface area contributed by atoms with E-state index >= 15 is 0 Å². The molecule has 6 heteroatoms. The van der Waals surface area contributed by atoms with Gasteiger partial charge in [-0.15, -0.1) is 0 Å². The average molecular weight is 284 g/mol. The summed E-state index contributed by atoms with van der Waals surface area (Å²) < 4.78 is 24.9. The Morgan fingerprint density at radius 2 is 1.79 bits per heavy atom. The third-order valence-corrected chi connectivity index (χ3v) is 4.79. The van der Waals surface area contributed by atoms with E-state index in [-0.39, 0.29) is 16.7 Å². The fourth-order valence-corrected chi connectivity index (χ4v) is 2.27. The number of amides is 1. The van der Waals surface area contributed by atoms with Crippen LogP contribution in [0.1, 0.15) is 20.3 Å². The highest BCUT2D eigenvalue weighted by Crippen LogP contribution is 2.17. The number of nitrogens with one attached hydrogen (secondary N) is 1. The number of carbonyl (C=O) groups is 1. The summed E-state index contributed by atoms with van der Waals surface area (Å²) in [5, 5.41) is 2.75. The van der Waals surface area contributed by atoms with E-state index in [0.717, 1.165) is 10.7 Å². The van der Waals surface area contributed by atoms with Crippen molar-refractivity contribution in [1.82, 2.24) is 4.31 Å². The van der Waals surface area contributed by atoms with E-state index in [0.29, 0.717) is 5.69 Å². The van der Waals surface area contributed by atoms with Gasteiger partial charge in [0, 0.05) is 25.7 Å². The number of anilines is 1. The van der Waals surface area contributed by atoms with Crippen molar-refractivity contribution < 1.29 is 13.2 Å². The van der Waals surface area contributed by atoms with Crippen molar-refractivity contribution in [3.8, 4) is 0 Å². The lowest BCUT2D eigenvalue weighted by Crippen LogP contribution is -2.22. The Balaban J connectivity index is 2.86. The van der Waals surface area contributed by atoms with Crippen LogP contribution in [0.5, 0.6) is 0 Å². The largest absolute Gasteiger partial charge is 0.326 e. The molecule has 1 aromatic rings. The second kappa shape index (κ2) is 6.16. The van der Waals surface area contributed by atoms with Crippen LogP contribution in [-0.2, 0) is 14.8 Å². The van der Waals surface area contributed by atoms with E-state index in [1.165, 1.54) is 26.2 Å². The van der Waals surface area contributed by atoms with Crippen molar-refractivity contribution in [3.63, 3.8) is 0 Å². The zero-order valence-electron chi connectivity index (χ0n) is 11.7. The Hall–Kier alpha value is -1.40. The highest BCUT2D eigenvalue weighted by molar-refractivity contribution is 7.89. The molecule has 1 atom stereocenters. The molecule has 0 aliphatic rings. The SMILES string of the molecule is CC[C@@H](C)C(=O)Nc1ccc(S(=O)(=O)N(C)C)cc1. The number of sulfonamides is 1. The first-order valence-corrected chi connectivity index (χ1v) is 7.56. The third-order valence-electron chi connectivity index (χ3n) is 2.96. The molecule has 0 radical (unpaired) electrons. The molecule has 19 heavy (non-hydrogen) atoms. The Morgan fingerprint density at radius 1 is 1.26 bits per heavy atom. The summed E-state index contributed by atoms with van der Waals surface area (Å²) in [5.74, 6) is -0.129. The molecule has 0 saturated heterocycles. The zero-order chi connectivity index (χ0) is 14.6. The number of hydrogen-bond donors (Lipinski definition) is 1. The van der Waals surface area contributed by atoms with Crippen LogP contribution >= 0.6 is 0 Å². The first kappa shape index (κ1) is 15.7. The molecule has 1 aromatic carbocycles. The lowest BCUT2D eigenvalue weighted by Gasteiger charge is -2.13. The van der Waals surface area contributed by atoms with Gasteiger partial charge in [-0.2, -0.15) is 0 Å². The van der Waals surface area contributed by atoms with Crippen molar-refractivity contribution in [3.05, 3.63) is 24.3 Å². The van der Waals surface area contributed by atoms with Crippen molar-refractivity contribution >= 4 is 21.6 Å². The Kier molecular flexibility index (Phi) is 5.08. The van der Waals surface area contributed by atoms with Gasteiger partial charge >= 0.3 is 0 Å². The number of nitrogens with zero attached hydrogens (tertiary/aromatic N) is 1. The van der Waals surface area contributed by atoms with Crippen LogP contribution in [0.3, 0.4) is 0 Å². The van der Waals surface area contributed by atoms with Crippen LogP contribution in [0.4, 0.5) is 5.69 Å². The maximum absolute atomic E-state index is 11.9. The molecule has 0 spiro atoms. The minimum atomic E-state index is -3.42. The smallest absolute Gasteiger partial charge is 0.242 e. The molecule has 5 nitrogen and oxygen atoms in total. The first-order valence-electron chi connectivity index (χ1n) is 6.12. The van der Waals surface area contributed by atoms with Gasteiger partial charge in [-0.3, -0.25) is 4.79 Å². The van der Waals surface area contributed by atoms with Crippen LogP contribution in [-0.4, -0.2) is 32.7 Å². The molecule has 106 valence electrons. The van der Waals surface area contributed by atoms with Crippen LogP contribution in [0, 0.1) is 5.92 Å². The molecule has 0 unspecified atom stereocenters. The highest BCUT2D eigenvalue weighted by Gasteiger charge is 2.17. The fraction of sp³-hybridized carbons (Fsp3) is 0.462. The second-order valence-corrected chi connectivity index (χ2v) is 6.76. The van der Waals surface area contributed by atoms with Gasteiger partial charge in [-0.1, -0.05) is 13.8 Å². The summed E-state index contributed by atoms with van der Waals surface area (Å²) in [6.45, 7) is 3.79. The van der Waals surface area contributed by atoms with Gasteiger partial charge in [0.15, 0.2) is 0 Å². The Morgan fingerprint density at radius 3 is 2.21 bits per heavy atom. The molecular formula is C13H20N2O3S. The van der Waals surface area contributed by atoms with Crippen LogP contribution in [0.2, 0.25) is 0 Å². The van der Waals surface area contributed by atoms with Gasteiger partial charge in [0.05, 0.1) is 4.90 Å². The molecule has 0 aromatic heterocycles. The van der Waals surface area contributed by atoms with Gasteiger partial charge in [-0.25, -0.2) is 12.7 Å². The molecule has 0 heterocycles. The predicted molar refractivity (Wildman–Crippen MR) is 75.4 cm³/mol. The molecule has 0 saturated carbocycles. The topological polar surface area (TPSA) is 66.5 Å². The Bertz CT molecular complexity index is 536. The number of benzene rings is 1. The first-order chi connectivity index (χ1) is 8.78. The average Bonchev–Trinajstić information content (AvgIpc) is 2.38. The molecule has 1 N–H and O–H groups in total. The number of rotatable bonds is 5. The lowest BCUT2D eigenvalue weighted by molar-refractivity contribution is -0.119. The molecule has 0 aliphatic carbocycles. The van der Waals surface area contributed by atoms with Crippen molar-refractivity contribution in [1.29, 1.82) is 0 Å². The van der Waals surface area contributed by atoms with Crippen LogP contribution < -0.4 is 5.32 Å². The van der Waals surface area contributed by atoms with Gasteiger partial charge in [0.2, 0.25) is 15.9 Å². The van der Waals surface area contributed by atoms with Crippen molar-refractivity contribution in [2.24, 2.45) is 5.92 Å². The maximum Gasteiger partial charge on any atom is 0.242 e. The van der Waals surface area contributed by atoms with Crippen LogP contribution in [0.25, 0.3) is 0 Å². The van der Waals surface area contributed by atoms with Gasteiger partial charge < -0.3 is 5.32 Å². The normalized spacial score (nSPS) is 13.3. The fourth-order valence-electron chi connectivity index (χ4n) is 1.37. The minimum Gasteiger partial charge on any atom is -0.326 e. The van der Waals surface area contributed by atoms with E-state index < -0.39 is 10.0 Å². The molecular weight excluding hydrogens is 264 g/mol. The summed E-state index contributed by atoms with van der Waals surface area (Å²) in [4.78, 5) is 11.9. The van der Waals surface area contributed by atoms with Crippen LogP contribution in [0.15, 0.2) is 29.2 Å². The summed E-state index contributed by atoms with van der Waals surface area (Å²) >= 11 is 0. The molecule has 0 fully saturated rings. The van der Waals surface area contributed by atoms with E-state index in [4.69, 9.17) is 0 Å². The summed E-state index contributed by atoms with van der Waals surface area (Å²) in [5.41, 5.74) is 0.600. The number of carbonyl (C=O) groups excluding carboxylic acids is 1. The number of hydrogen-bond acceptors (Lipinski definition) is 3. The van der Waals surface area contributed by atoms with E-state index in [9.17, 15) is 13.2 Å². The molecule has 0 bridgehead atoms. The predicted octanol–water partition coefficient (Wildman–Crippen LogP) is 1.92.